The molecule has 1 fully saturated rings. The van der Waals surface area contributed by atoms with Gasteiger partial charge in [-0.3, -0.25) is 4.79 Å². The van der Waals surface area contributed by atoms with Crippen LogP contribution in [0.4, 0.5) is 0 Å². The Bertz CT molecular complexity index is 631. The molecule has 0 aromatic carbocycles. The molecule has 0 bridgehead atoms. The van der Waals surface area contributed by atoms with Gasteiger partial charge in [-0.15, -0.1) is 10.2 Å². The lowest BCUT2D eigenvalue weighted by atomic mass is 10.2. The minimum absolute atomic E-state index is 0.0630. The van der Waals surface area contributed by atoms with E-state index in [-0.39, 0.29) is 28.7 Å². The first-order chi connectivity index (χ1) is 10.3. The quantitative estimate of drug-likeness (QED) is 0.695. The number of hydrogen-bond acceptors (Lipinski definition) is 8. The third-order valence-electron chi connectivity index (χ3n) is 3.38. The molecular formula is C12H19N3O3S4. The Morgan fingerprint density at radius 3 is 2.73 bits per heavy atom. The monoisotopic (exact) mass is 381 g/mol. The van der Waals surface area contributed by atoms with Crippen molar-refractivity contribution in [1.29, 1.82) is 0 Å². The largest absolute Gasteiger partial charge is 0.341 e. The van der Waals surface area contributed by atoms with Crippen LogP contribution in [0.25, 0.3) is 0 Å². The smallest absolute Gasteiger partial charge is 0.235 e. The van der Waals surface area contributed by atoms with Crippen LogP contribution in [0.3, 0.4) is 0 Å². The zero-order chi connectivity index (χ0) is 16.3. The maximum Gasteiger partial charge on any atom is 0.235 e. The van der Waals surface area contributed by atoms with Crippen molar-refractivity contribution in [3.8, 4) is 0 Å². The number of aromatic nitrogens is 2. The lowest BCUT2D eigenvalue weighted by Crippen LogP contribution is -2.41. The molecule has 1 aromatic rings. The number of amides is 1. The zero-order valence-electron chi connectivity index (χ0n) is 12.7. The Kier molecular flexibility index (Phi) is 6.14. The topological polar surface area (TPSA) is 80.2 Å². The average Bonchev–Trinajstić information content (AvgIpc) is 3.04. The van der Waals surface area contributed by atoms with E-state index in [1.54, 1.807) is 23.7 Å². The van der Waals surface area contributed by atoms with E-state index >= 15 is 0 Å². The Balaban J connectivity index is 1.93. The first kappa shape index (κ1) is 18.0. The number of sulfone groups is 1. The van der Waals surface area contributed by atoms with E-state index in [2.05, 4.69) is 17.1 Å². The summed E-state index contributed by atoms with van der Waals surface area (Å²) in [5.41, 5.74) is 0. The van der Waals surface area contributed by atoms with Crippen molar-refractivity contribution in [2.24, 2.45) is 0 Å². The molecule has 1 aromatic heterocycles. The molecule has 2 rings (SSSR count). The van der Waals surface area contributed by atoms with Crippen LogP contribution in [0.15, 0.2) is 8.68 Å². The van der Waals surface area contributed by atoms with Crippen LogP contribution in [0.1, 0.15) is 20.3 Å². The molecular weight excluding hydrogens is 362 g/mol. The van der Waals surface area contributed by atoms with Crippen LogP contribution in [0.2, 0.25) is 0 Å². The second kappa shape index (κ2) is 7.50. The van der Waals surface area contributed by atoms with Gasteiger partial charge in [0.1, 0.15) is 0 Å². The van der Waals surface area contributed by atoms with E-state index in [4.69, 9.17) is 0 Å². The Morgan fingerprint density at radius 1 is 1.45 bits per heavy atom. The van der Waals surface area contributed by atoms with E-state index < -0.39 is 9.84 Å². The van der Waals surface area contributed by atoms with Gasteiger partial charge in [-0.2, -0.15) is 0 Å². The van der Waals surface area contributed by atoms with Gasteiger partial charge < -0.3 is 4.90 Å². The molecule has 1 saturated heterocycles. The molecule has 6 nitrogen and oxygen atoms in total. The van der Waals surface area contributed by atoms with Gasteiger partial charge in [-0.05, 0) is 19.1 Å². The molecule has 0 spiro atoms. The van der Waals surface area contributed by atoms with Gasteiger partial charge in [0.2, 0.25) is 5.91 Å². The molecule has 0 unspecified atom stereocenters. The molecule has 22 heavy (non-hydrogen) atoms. The molecule has 1 aliphatic rings. The highest BCUT2D eigenvalue weighted by Gasteiger charge is 2.34. The second-order valence-corrected chi connectivity index (χ2v) is 11.3. The minimum atomic E-state index is -2.99. The fraction of sp³-hybridized carbons (Fsp3) is 0.750. The first-order valence-electron chi connectivity index (χ1n) is 6.92. The van der Waals surface area contributed by atoms with Crippen LogP contribution in [-0.4, -0.2) is 65.0 Å². The van der Waals surface area contributed by atoms with Gasteiger partial charge in [0.05, 0.1) is 16.8 Å². The molecule has 0 N–H and O–H groups in total. The van der Waals surface area contributed by atoms with Crippen LogP contribution in [-0.2, 0) is 14.6 Å². The molecule has 2 atom stereocenters. The van der Waals surface area contributed by atoms with E-state index in [1.165, 1.54) is 23.1 Å². The number of rotatable bonds is 6. The van der Waals surface area contributed by atoms with E-state index in [0.717, 1.165) is 14.4 Å². The number of carbonyl (C=O) groups is 1. The van der Waals surface area contributed by atoms with Gasteiger partial charge in [0.25, 0.3) is 0 Å². The van der Waals surface area contributed by atoms with Crippen molar-refractivity contribution in [3.63, 3.8) is 0 Å². The van der Waals surface area contributed by atoms with E-state index in [9.17, 15) is 13.2 Å². The highest BCUT2D eigenvalue weighted by Crippen LogP contribution is 2.32. The molecule has 0 saturated carbocycles. The van der Waals surface area contributed by atoms with Crippen LogP contribution >= 0.6 is 34.9 Å². The van der Waals surface area contributed by atoms with Gasteiger partial charge in [0, 0.05) is 13.1 Å². The summed E-state index contributed by atoms with van der Waals surface area (Å²) >= 11 is 4.49. The molecule has 10 heteroatoms. The standard InChI is InChI=1S/C12H19N3O3S4/c1-4-19-11-13-14-12(21-11)20-8(2)10(16)15(3)9-5-6-22(17,18)7-9/h8-9H,4-7H2,1-3H3/t8-,9+/m0/s1. The van der Waals surface area contributed by atoms with Gasteiger partial charge in [-0.25, -0.2) is 8.42 Å². The average molecular weight is 382 g/mol. The van der Waals surface area contributed by atoms with Gasteiger partial charge in [-0.1, -0.05) is 41.8 Å². The van der Waals surface area contributed by atoms with Crippen molar-refractivity contribution < 1.29 is 13.2 Å². The summed E-state index contributed by atoms with van der Waals surface area (Å²) in [6, 6.07) is -0.207. The van der Waals surface area contributed by atoms with Crippen molar-refractivity contribution in [2.45, 2.75) is 40.2 Å². The summed E-state index contributed by atoms with van der Waals surface area (Å²) in [5.74, 6) is 1.12. The Morgan fingerprint density at radius 2 is 2.14 bits per heavy atom. The summed E-state index contributed by atoms with van der Waals surface area (Å²) in [5, 5.41) is 7.84. The van der Waals surface area contributed by atoms with Crippen molar-refractivity contribution in [3.05, 3.63) is 0 Å². The lowest BCUT2D eigenvalue weighted by Gasteiger charge is -2.25. The molecule has 0 aliphatic carbocycles. The van der Waals surface area contributed by atoms with Gasteiger partial charge in [0.15, 0.2) is 18.5 Å². The van der Waals surface area contributed by atoms with E-state index in [0.29, 0.717) is 6.42 Å². The molecule has 124 valence electrons. The number of carbonyl (C=O) groups excluding carboxylic acids is 1. The fourth-order valence-electron chi connectivity index (χ4n) is 2.18. The summed E-state index contributed by atoms with van der Waals surface area (Å²) in [6.07, 6.45) is 0.526. The summed E-state index contributed by atoms with van der Waals surface area (Å²) in [6.45, 7) is 3.87. The maximum absolute atomic E-state index is 12.4. The second-order valence-electron chi connectivity index (χ2n) is 5.03. The number of nitrogens with zero attached hydrogens (tertiary/aromatic N) is 3. The third kappa shape index (κ3) is 4.59. The first-order valence-corrected chi connectivity index (χ1v) is 11.4. The lowest BCUT2D eigenvalue weighted by molar-refractivity contribution is -0.130. The van der Waals surface area contributed by atoms with Crippen molar-refractivity contribution >= 4 is 50.6 Å². The van der Waals surface area contributed by atoms with Crippen LogP contribution < -0.4 is 0 Å². The minimum Gasteiger partial charge on any atom is -0.341 e. The Hall–Kier alpha value is -0.320. The molecule has 2 heterocycles. The Labute approximate surface area is 143 Å². The van der Waals surface area contributed by atoms with Crippen molar-refractivity contribution in [1.82, 2.24) is 15.1 Å². The molecule has 1 amide bonds. The third-order valence-corrected chi connectivity index (χ3v) is 8.25. The highest BCUT2D eigenvalue weighted by molar-refractivity contribution is 8.03. The SMILES string of the molecule is CCSc1nnc(S[C@@H](C)C(=O)N(C)[C@@H]2CCS(=O)(=O)C2)s1. The normalized spacial score (nSPS) is 21.7. The highest BCUT2D eigenvalue weighted by atomic mass is 32.2. The molecule has 0 radical (unpaired) electrons. The summed E-state index contributed by atoms with van der Waals surface area (Å²) in [4.78, 5) is 14.0. The van der Waals surface area contributed by atoms with Gasteiger partial charge >= 0.3 is 0 Å². The van der Waals surface area contributed by atoms with Crippen LogP contribution in [0.5, 0.6) is 0 Å². The fourth-order valence-corrected chi connectivity index (χ4v) is 7.11. The maximum atomic E-state index is 12.4. The van der Waals surface area contributed by atoms with E-state index in [1.807, 2.05) is 6.92 Å². The van der Waals surface area contributed by atoms with Crippen LogP contribution in [0, 0.1) is 0 Å². The number of thioether (sulfide) groups is 2. The molecule has 1 aliphatic heterocycles. The van der Waals surface area contributed by atoms with Crippen molar-refractivity contribution in [2.75, 3.05) is 24.3 Å². The predicted molar refractivity (Wildman–Crippen MR) is 91.5 cm³/mol. The summed E-state index contributed by atoms with van der Waals surface area (Å²) < 4.78 is 24.7. The predicted octanol–water partition coefficient (Wildman–Crippen LogP) is 1.78. The summed E-state index contributed by atoms with van der Waals surface area (Å²) in [7, 11) is -1.30. The number of hydrogen-bond donors (Lipinski definition) is 0. The zero-order valence-corrected chi connectivity index (χ0v) is 15.9.